The molecule has 2 aromatic heterocycles. The molecule has 9 heteroatoms. The second-order valence-electron chi connectivity index (χ2n) is 6.88. The molecule has 2 heterocycles. The molecule has 0 saturated carbocycles. The highest BCUT2D eigenvalue weighted by Gasteiger charge is 2.18. The third-order valence-electron chi connectivity index (χ3n) is 4.75. The Labute approximate surface area is 176 Å². The number of nitrogens with one attached hydrogen (secondary N) is 2. The zero-order valence-electron chi connectivity index (χ0n) is 16.4. The summed E-state index contributed by atoms with van der Waals surface area (Å²) in [5, 5.41) is 4.82. The van der Waals surface area contributed by atoms with Gasteiger partial charge < -0.3 is 0 Å². The topological polar surface area (TPSA) is 97.1 Å². The van der Waals surface area contributed by atoms with Crippen molar-refractivity contribution in [2.24, 2.45) is 12.1 Å². The molecule has 0 amide bonds. The van der Waals surface area contributed by atoms with Crippen LogP contribution in [0.2, 0.25) is 5.02 Å². The molecule has 4 rings (SSSR count). The average molecular weight is 423 g/mol. The molecule has 2 aromatic carbocycles. The third kappa shape index (κ3) is 3.77. The molecule has 4 aromatic rings. The highest BCUT2D eigenvalue weighted by atomic mass is 35.5. The molecule has 0 saturated heterocycles. The quantitative estimate of drug-likeness (QED) is 0.381. The van der Waals surface area contributed by atoms with E-state index in [0.717, 1.165) is 16.7 Å². The summed E-state index contributed by atoms with van der Waals surface area (Å²) in [4.78, 5) is 31.3. The minimum Gasteiger partial charge on any atom is -0.298 e. The van der Waals surface area contributed by atoms with Crippen LogP contribution in [0.4, 0.5) is 5.95 Å². The van der Waals surface area contributed by atoms with Gasteiger partial charge in [0, 0.05) is 12.1 Å². The van der Waals surface area contributed by atoms with Crippen molar-refractivity contribution in [2.75, 3.05) is 5.43 Å². The SMILES string of the molecule is Cc1ccc(/C=N\Nc2nc3c(c(=O)[nH]c(=O)n3C)n2Cc2ccccc2Cl)cc1. The van der Waals surface area contributed by atoms with Crippen LogP contribution in [0.5, 0.6) is 0 Å². The van der Waals surface area contributed by atoms with E-state index in [4.69, 9.17) is 11.6 Å². The fourth-order valence-corrected chi connectivity index (χ4v) is 3.28. The Balaban J connectivity index is 1.79. The summed E-state index contributed by atoms with van der Waals surface area (Å²) in [6.07, 6.45) is 1.65. The van der Waals surface area contributed by atoms with Gasteiger partial charge in [-0.3, -0.25) is 18.9 Å². The van der Waals surface area contributed by atoms with Gasteiger partial charge in [0.2, 0.25) is 5.95 Å². The number of halogens is 1. The lowest BCUT2D eigenvalue weighted by molar-refractivity contribution is 0.808. The number of aryl methyl sites for hydroxylation is 2. The molecule has 0 radical (unpaired) electrons. The van der Waals surface area contributed by atoms with Crippen LogP contribution < -0.4 is 16.7 Å². The van der Waals surface area contributed by atoms with E-state index in [-0.39, 0.29) is 17.7 Å². The van der Waals surface area contributed by atoms with Crippen LogP contribution in [-0.2, 0) is 13.6 Å². The van der Waals surface area contributed by atoms with Crippen LogP contribution in [-0.4, -0.2) is 25.3 Å². The van der Waals surface area contributed by atoms with Crippen molar-refractivity contribution in [1.82, 2.24) is 19.1 Å². The zero-order valence-corrected chi connectivity index (χ0v) is 17.1. The van der Waals surface area contributed by atoms with Gasteiger partial charge in [0.25, 0.3) is 5.56 Å². The zero-order chi connectivity index (χ0) is 21.3. The molecule has 0 aliphatic rings. The summed E-state index contributed by atoms with van der Waals surface area (Å²) < 4.78 is 2.94. The van der Waals surface area contributed by atoms with Gasteiger partial charge in [0.05, 0.1) is 12.8 Å². The maximum absolute atomic E-state index is 12.6. The van der Waals surface area contributed by atoms with E-state index in [1.54, 1.807) is 23.9 Å². The summed E-state index contributed by atoms with van der Waals surface area (Å²) in [7, 11) is 1.55. The number of anilines is 1. The van der Waals surface area contributed by atoms with Crippen LogP contribution in [0, 0.1) is 6.92 Å². The molecule has 0 atom stereocenters. The minimum absolute atomic E-state index is 0.254. The lowest BCUT2D eigenvalue weighted by atomic mass is 10.2. The van der Waals surface area contributed by atoms with Crippen LogP contribution in [0.15, 0.2) is 63.2 Å². The smallest absolute Gasteiger partial charge is 0.298 e. The number of rotatable bonds is 5. The van der Waals surface area contributed by atoms with Gasteiger partial charge in [0.15, 0.2) is 11.2 Å². The molecule has 152 valence electrons. The highest BCUT2D eigenvalue weighted by molar-refractivity contribution is 6.31. The van der Waals surface area contributed by atoms with Gasteiger partial charge in [-0.05, 0) is 24.1 Å². The van der Waals surface area contributed by atoms with Crippen LogP contribution in [0.3, 0.4) is 0 Å². The Hall–Kier alpha value is -3.65. The predicted molar refractivity (Wildman–Crippen MR) is 119 cm³/mol. The standard InChI is InChI=1S/C21H19ClN6O2/c1-13-7-9-14(10-8-13)11-23-26-20-24-18-17(19(29)25-21(30)27(18)2)28(20)12-15-5-3-4-6-16(15)22/h3-11H,12H2,1-2H3,(H,24,26)(H,25,29,30)/b23-11-. The fourth-order valence-electron chi connectivity index (χ4n) is 3.09. The second-order valence-corrected chi connectivity index (χ2v) is 7.29. The molecular formula is C21H19ClN6O2. The van der Waals surface area contributed by atoms with Crippen molar-refractivity contribution in [3.63, 3.8) is 0 Å². The van der Waals surface area contributed by atoms with E-state index in [0.29, 0.717) is 11.0 Å². The van der Waals surface area contributed by atoms with Gasteiger partial charge in [-0.15, -0.1) is 0 Å². The Kier molecular flexibility index (Phi) is 5.24. The number of imidazole rings is 1. The Morgan fingerprint density at radius 3 is 2.63 bits per heavy atom. The molecule has 0 bridgehead atoms. The van der Waals surface area contributed by atoms with Crippen molar-refractivity contribution in [2.45, 2.75) is 13.5 Å². The van der Waals surface area contributed by atoms with Crippen molar-refractivity contribution < 1.29 is 0 Å². The summed E-state index contributed by atoms with van der Waals surface area (Å²) in [6, 6.07) is 15.2. The monoisotopic (exact) mass is 422 g/mol. The van der Waals surface area contributed by atoms with E-state index in [2.05, 4.69) is 20.5 Å². The Morgan fingerprint density at radius 2 is 1.90 bits per heavy atom. The van der Waals surface area contributed by atoms with Crippen LogP contribution in [0.25, 0.3) is 11.2 Å². The first-order valence-corrected chi connectivity index (χ1v) is 9.60. The van der Waals surface area contributed by atoms with Gasteiger partial charge in [-0.2, -0.15) is 10.1 Å². The minimum atomic E-state index is -0.537. The Morgan fingerprint density at radius 1 is 1.17 bits per heavy atom. The van der Waals surface area contributed by atoms with E-state index in [9.17, 15) is 9.59 Å². The van der Waals surface area contributed by atoms with Gasteiger partial charge >= 0.3 is 5.69 Å². The molecule has 0 fully saturated rings. The predicted octanol–water partition coefficient (Wildman–Crippen LogP) is 2.88. The van der Waals surface area contributed by atoms with E-state index in [1.807, 2.05) is 49.4 Å². The molecule has 30 heavy (non-hydrogen) atoms. The van der Waals surface area contributed by atoms with Crippen molar-refractivity contribution in [3.05, 3.63) is 91.1 Å². The van der Waals surface area contributed by atoms with E-state index < -0.39 is 11.2 Å². The second kappa shape index (κ2) is 8.00. The largest absolute Gasteiger partial charge is 0.329 e. The van der Waals surface area contributed by atoms with Gasteiger partial charge in [0.1, 0.15) is 0 Å². The number of benzene rings is 2. The number of fused-ring (bicyclic) bond motifs is 1. The number of nitrogens with zero attached hydrogens (tertiary/aromatic N) is 4. The first-order valence-electron chi connectivity index (χ1n) is 9.23. The number of aromatic nitrogens is 4. The third-order valence-corrected chi connectivity index (χ3v) is 5.12. The van der Waals surface area contributed by atoms with Crippen LogP contribution >= 0.6 is 11.6 Å². The highest BCUT2D eigenvalue weighted by Crippen LogP contribution is 2.21. The maximum Gasteiger partial charge on any atom is 0.329 e. The van der Waals surface area contributed by atoms with Gasteiger partial charge in [-0.25, -0.2) is 10.2 Å². The number of aromatic amines is 1. The molecule has 2 N–H and O–H groups in total. The maximum atomic E-state index is 12.6. The summed E-state index contributed by atoms with van der Waals surface area (Å²) >= 11 is 6.31. The van der Waals surface area contributed by atoms with Crippen molar-refractivity contribution in [1.29, 1.82) is 0 Å². The number of H-pyrrole nitrogens is 1. The summed E-state index contributed by atoms with van der Waals surface area (Å²) in [6.45, 7) is 2.29. The number of hydrogen-bond acceptors (Lipinski definition) is 5. The summed E-state index contributed by atoms with van der Waals surface area (Å²) in [5.41, 5.74) is 5.20. The number of hydrazone groups is 1. The lowest BCUT2D eigenvalue weighted by Crippen LogP contribution is -2.29. The first-order chi connectivity index (χ1) is 14.4. The molecule has 0 aliphatic heterocycles. The lowest BCUT2D eigenvalue weighted by Gasteiger charge is -2.09. The first kappa shape index (κ1) is 19.7. The fraction of sp³-hybridized carbons (Fsp3) is 0.143. The summed E-state index contributed by atoms with van der Waals surface area (Å²) in [5.74, 6) is 0.319. The molecule has 0 unspecified atom stereocenters. The Bertz CT molecular complexity index is 1370. The normalized spacial score (nSPS) is 11.4. The molecule has 8 nitrogen and oxygen atoms in total. The molecule has 0 spiro atoms. The van der Waals surface area contributed by atoms with Crippen molar-refractivity contribution >= 4 is 34.9 Å². The van der Waals surface area contributed by atoms with Gasteiger partial charge in [-0.1, -0.05) is 59.6 Å². The van der Waals surface area contributed by atoms with Crippen LogP contribution in [0.1, 0.15) is 16.7 Å². The molecule has 0 aliphatic carbocycles. The van der Waals surface area contributed by atoms with E-state index in [1.165, 1.54) is 4.57 Å². The van der Waals surface area contributed by atoms with E-state index >= 15 is 0 Å². The number of hydrogen-bond donors (Lipinski definition) is 2. The van der Waals surface area contributed by atoms with Crippen molar-refractivity contribution in [3.8, 4) is 0 Å². The average Bonchev–Trinajstić information content (AvgIpc) is 3.08. The molecular weight excluding hydrogens is 404 g/mol.